The quantitative estimate of drug-likeness (QED) is 0.456. The molecule has 0 saturated heterocycles. The zero-order valence-electron chi connectivity index (χ0n) is 11.9. The topological polar surface area (TPSA) is 45.7 Å². The third kappa shape index (κ3) is 5.87. The van der Waals surface area contributed by atoms with E-state index in [1.165, 1.54) is 0 Å². The largest absolute Gasteiger partial charge is 0.496 e. The maximum absolute atomic E-state index is 5.32. The molecule has 0 radical (unpaired) electrons. The normalized spacial score (nSPS) is 11.2. The van der Waals surface area contributed by atoms with Gasteiger partial charge in [0.25, 0.3) is 0 Å². The number of ether oxygens (including phenoxy) is 1. The van der Waals surface area contributed by atoms with Gasteiger partial charge in [0, 0.05) is 25.7 Å². The fourth-order valence-corrected chi connectivity index (χ4v) is 2.10. The molecule has 0 unspecified atom stereocenters. The minimum atomic E-state index is 0.701. The van der Waals surface area contributed by atoms with Gasteiger partial charge in [-0.2, -0.15) is 11.8 Å². The van der Waals surface area contributed by atoms with Crippen LogP contribution in [0, 0.1) is 0 Å². The third-order valence-corrected chi connectivity index (χ3v) is 3.38. The van der Waals surface area contributed by atoms with E-state index in [0.29, 0.717) is 6.54 Å². The number of benzene rings is 1. The van der Waals surface area contributed by atoms with Crippen molar-refractivity contribution in [1.82, 2.24) is 10.6 Å². The number of rotatable bonds is 7. The van der Waals surface area contributed by atoms with Crippen LogP contribution in [0.25, 0.3) is 0 Å². The second-order valence-electron chi connectivity index (χ2n) is 4.01. The van der Waals surface area contributed by atoms with E-state index >= 15 is 0 Å². The van der Waals surface area contributed by atoms with Crippen LogP contribution >= 0.6 is 11.8 Å². The molecule has 0 saturated carbocycles. The van der Waals surface area contributed by atoms with Crippen LogP contribution in [0.4, 0.5) is 0 Å². The molecule has 0 aromatic heterocycles. The first-order valence-corrected chi connectivity index (χ1v) is 7.76. The summed E-state index contributed by atoms with van der Waals surface area (Å²) in [5.41, 5.74) is 1.12. The molecule has 0 aliphatic heterocycles. The zero-order chi connectivity index (χ0) is 13.9. The Morgan fingerprint density at radius 1 is 1.32 bits per heavy atom. The molecule has 0 heterocycles. The van der Waals surface area contributed by atoms with Gasteiger partial charge in [-0.25, -0.2) is 0 Å². The van der Waals surface area contributed by atoms with Gasteiger partial charge >= 0.3 is 0 Å². The fourth-order valence-electron chi connectivity index (χ4n) is 1.67. The number of nitrogens with zero attached hydrogens (tertiary/aromatic N) is 1. The van der Waals surface area contributed by atoms with Crippen LogP contribution in [0.1, 0.15) is 12.0 Å². The Morgan fingerprint density at radius 2 is 2.11 bits per heavy atom. The first-order valence-electron chi connectivity index (χ1n) is 6.37. The molecule has 0 fully saturated rings. The molecule has 0 atom stereocenters. The summed E-state index contributed by atoms with van der Waals surface area (Å²) >= 11 is 1.86. The molecule has 0 spiro atoms. The molecule has 19 heavy (non-hydrogen) atoms. The second-order valence-corrected chi connectivity index (χ2v) is 5.00. The van der Waals surface area contributed by atoms with Crippen LogP contribution in [0.3, 0.4) is 0 Å². The van der Waals surface area contributed by atoms with E-state index in [1.807, 2.05) is 36.0 Å². The molecule has 0 bridgehead atoms. The van der Waals surface area contributed by atoms with Crippen LogP contribution in [-0.2, 0) is 6.54 Å². The molecule has 5 heteroatoms. The number of para-hydroxylation sites is 1. The molecule has 1 rings (SSSR count). The van der Waals surface area contributed by atoms with Gasteiger partial charge in [0.1, 0.15) is 5.75 Å². The second kappa shape index (κ2) is 9.55. The van der Waals surface area contributed by atoms with Crippen molar-refractivity contribution in [3.8, 4) is 5.75 Å². The Bertz CT molecular complexity index is 396. The van der Waals surface area contributed by atoms with Crippen molar-refractivity contribution >= 4 is 17.7 Å². The average Bonchev–Trinajstić information content (AvgIpc) is 2.47. The lowest BCUT2D eigenvalue weighted by atomic mass is 10.2. The summed E-state index contributed by atoms with van der Waals surface area (Å²) in [7, 11) is 3.47. The summed E-state index contributed by atoms with van der Waals surface area (Å²) in [6.07, 6.45) is 3.26. The van der Waals surface area contributed by atoms with Gasteiger partial charge in [-0.1, -0.05) is 18.2 Å². The predicted octanol–water partition coefficient (Wildman–Crippen LogP) is 2.11. The van der Waals surface area contributed by atoms with E-state index in [-0.39, 0.29) is 0 Å². The summed E-state index contributed by atoms with van der Waals surface area (Å²) in [5.74, 6) is 2.89. The lowest BCUT2D eigenvalue weighted by molar-refractivity contribution is 0.409. The van der Waals surface area contributed by atoms with Crippen molar-refractivity contribution in [1.29, 1.82) is 0 Å². The van der Waals surface area contributed by atoms with Crippen molar-refractivity contribution < 1.29 is 4.74 Å². The average molecular weight is 281 g/mol. The maximum atomic E-state index is 5.32. The Kier molecular flexibility index (Phi) is 7.89. The van der Waals surface area contributed by atoms with Crippen molar-refractivity contribution in [2.24, 2.45) is 4.99 Å². The first kappa shape index (κ1) is 15.7. The van der Waals surface area contributed by atoms with Crippen LogP contribution in [0.15, 0.2) is 29.3 Å². The van der Waals surface area contributed by atoms with Gasteiger partial charge < -0.3 is 15.4 Å². The molecule has 2 N–H and O–H groups in total. The van der Waals surface area contributed by atoms with E-state index in [9.17, 15) is 0 Å². The zero-order valence-corrected chi connectivity index (χ0v) is 12.7. The number of guanidine groups is 1. The summed E-state index contributed by atoms with van der Waals surface area (Å²) in [4.78, 5) is 4.20. The molecule has 0 amide bonds. The fraction of sp³-hybridized carbons (Fsp3) is 0.500. The summed E-state index contributed by atoms with van der Waals surface area (Å²) in [5, 5.41) is 6.59. The predicted molar refractivity (Wildman–Crippen MR) is 84.2 cm³/mol. The first-order chi connectivity index (χ1) is 9.31. The van der Waals surface area contributed by atoms with E-state index in [0.717, 1.165) is 36.0 Å². The molecule has 4 nitrogen and oxygen atoms in total. The van der Waals surface area contributed by atoms with Gasteiger partial charge in [-0.05, 0) is 24.5 Å². The Hall–Kier alpha value is -1.36. The van der Waals surface area contributed by atoms with E-state index in [2.05, 4.69) is 21.9 Å². The molecular formula is C14H23N3OS. The van der Waals surface area contributed by atoms with Crippen LogP contribution < -0.4 is 15.4 Å². The van der Waals surface area contributed by atoms with Gasteiger partial charge in [-0.3, -0.25) is 4.99 Å². The number of hydrogen-bond acceptors (Lipinski definition) is 3. The minimum Gasteiger partial charge on any atom is -0.496 e. The maximum Gasteiger partial charge on any atom is 0.191 e. The molecule has 1 aromatic carbocycles. The van der Waals surface area contributed by atoms with Crippen LogP contribution in [-0.4, -0.2) is 38.7 Å². The van der Waals surface area contributed by atoms with Crippen molar-refractivity contribution in [3.05, 3.63) is 29.8 Å². The lowest BCUT2D eigenvalue weighted by Gasteiger charge is -2.13. The highest BCUT2D eigenvalue weighted by Gasteiger charge is 2.02. The molecule has 0 aliphatic rings. The smallest absolute Gasteiger partial charge is 0.191 e. The standard InChI is InChI=1S/C14H23N3OS/c1-15-14(16-9-6-10-19-3)17-11-12-7-4-5-8-13(12)18-2/h4-5,7-8H,6,9-11H2,1-3H3,(H2,15,16,17). The number of hydrogen-bond donors (Lipinski definition) is 2. The molecule has 106 valence electrons. The van der Waals surface area contributed by atoms with E-state index in [4.69, 9.17) is 4.74 Å². The highest BCUT2D eigenvalue weighted by Crippen LogP contribution is 2.16. The van der Waals surface area contributed by atoms with E-state index in [1.54, 1.807) is 14.2 Å². The van der Waals surface area contributed by atoms with Gasteiger partial charge in [-0.15, -0.1) is 0 Å². The highest BCUT2D eigenvalue weighted by atomic mass is 32.2. The third-order valence-electron chi connectivity index (χ3n) is 2.68. The molecule has 1 aromatic rings. The monoisotopic (exact) mass is 281 g/mol. The van der Waals surface area contributed by atoms with E-state index < -0.39 is 0 Å². The van der Waals surface area contributed by atoms with Crippen molar-refractivity contribution in [3.63, 3.8) is 0 Å². The van der Waals surface area contributed by atoms with Crippen molar-refractivity contribution in [2.45, 2.75) is 13.0 Å². The van der Waals surface area contributed by atoms with Gasteiger partial charge in [0.05, 0.1) is 7.11 Å². The summed E-state index contributed by atoms with van der Waals surface area (Å²) in [6, 6.07) is 7.99. The molecule has 0 aliphatic carbocycles. The number of thioether (sulfide) groups is 1. The van der Waals surface area contributed by atoms with Crippen LogP contribution in [0.2, 0.25) is 0 Å². The Labute approximate surface area is 120 Å². The highest BCUT2D eigenvalue weighted by molar-refractivity contribution is 7.98. The number of methoxy groups -OCH3 is 1. The Balaban J connectivity index is 2.40. The minimum absolute atomic E-state index is 0.701. The van der Waals surface area contributed by atoms with Gasteiger partial charge in [0.2, 0.25) is 0 Å². The molecular weight excluding hydrogens is 258 g/mol. The van der Waals surface area contributed by atoms with Crippen LogP contribution in [0.5, 0.6) is 5.75 Å². The lowest BCUT2D eigenvalue weighted by Crippen LogP contribution is -2.37. The SMILES string of the molecule is CN=C(NCCCSC)NCc1ccccc1OC. The summed E-state index contributed by atoms with van der Waals surface area (Å²) in [6.45, 7) is 1.64. The van der Waals surface area contributed by atoms with Crippen molar-refractivity contribution in [2.75, 3.05) is 32.7 Å². The number of aliphatic imine (C=N–C) groups is 1. The van der Waals surface area contributed by atoms with Gasteiger partial charge in [0.15, 0.2) is 5.96 Å². The summed E-state index contributed by atoms with van der Waals surface area (Å²) < 4.78 is 5.32. The Morgan fingerprint density at radius 3 is 2.79 bits per heavy atom. The number of nitrogens with one attached hydrogen (secondary N) is 2.